The highest BCUT2D eigenvalue weighted by molar-refractivity contribution is 6.30. The van der Waals surface area contributed by atoms with Gasteiger partial charge in [0.1, 0.15) is 17.3 Å². The van der Waals surface area contributed by atoms with E-state index >= 15 is 0 Å². The molecule has 0 aliphatic carbocycles. The first kappa shape index (κ1) is 13.8. The summed E-state index contributed by atoms with van der Waals surface area (Å²) in [6, 6.07) is 9.93. The van der Waals surface area contributed by atoms with E-state index in [1.165, 1.54) is 6.33 Å². The van der Waals surface area contributed by atoms with Gasteiger partial charge in [-0.25, -0.2) is 9.97 Å². The van der Waals surface area contributed by atoms with Crippen LogP contribution in [-0.2, 0) is 6.42 Å². The van der Waals surface area contributed by atoms with Gasteiger partial charge < -0.3 is 5.32 Å². The summed E-state index contributed by atoms with van der Waals surface area (Å²) < 4.78 is 0. The fourth-order valence-corrected chi connectivity index (χ4v) is 2.54. The molecule has 0 unspecified atom stereocenters. The third kappa shape index (κ3) is 2.81. The maximum Gasteiger partial charge on any atom is 0.138 e. The number of hydrogen-bond donors (Lipinski definition) is 1. The Morgan fingerprint density at radius 2 is 2.00 bits per heavy atom. The summed E-state index contributed by atoms with van der Waals surface area (Å²) in [6.45, 7) is 2.11. The number of aromatic nitrogens is 3. The largest absolute Gasteiger partial charge is 0.339 e. The van der Waals surface area contributed by atoms with Crippen LogP contribution in [0.3, 0.4) is 0 Å². The normalized spacial score (nSPS) is 10.8. The molecule has 4 nitrogen and oxygen atoms in total. The van der Waals surface area contributed by atoms with Crippen molar-refractivity contribution >= 4 is 34.0 Å². The lowest BCUT2D eigenvalue weighted by molar-refractivity contribution is 0.904. The van der Waals surface area contributed by atoms with E-state index in [1.807, 2.05) is 30.3 Å². The van der Waals surface area contributed by atoms with Crippen molar-refractivity contribution in [1.29, 1.82) is 0 Å². The van der Waals surface area contributed by atoms with Crippen LogP contribution >= 0.6 is 11.6 Å². The Labute approximate surface area is 128 Å². The predicted octanol–water partition coefficient (Wildman–Crippen LogP) is 4.37. The molecule has 2 heterocycles. The summed E-state index contributed by atoms with van der Waals surface area (Å²) in [5, 5.41) is 4.93. The Bertz CT molecular complexity index is 768. The number of benzene rings is 1. The highest BCUT2D eigenvalue weighted by atomic mass is 35.5. The van der Waals surface area contributed by atoms with E-state index in [4.69, 9.17) is 11.6 Å². The van der Waals surface area contributed by atoms with E-state index in [0.29, 0.717) is 5.15 Å². The number of anilines is 2. The van der Waals surface area contributed by atoms with Crippen molar-refractivity contribution in [3.05, 3.63) is 53.6 Å². The van der Waals surface area contributed by atoms with Crippen LogP contribution in [-0.4, -0.2) is 15.0 Å². The smallest absolute Gasteiger partial charge is 0.138 e. The third-order valence-corrected chi connectivity index (χ3v) is 3.62. The minimum atomic E-state index is 0.507. The number of nitrogens with zero attached hydrogens (tertiary/aromatic N) is 3. The summed E-state index contributed by atoms with van der Waals surface area (Å²) in [4.78, 5) is 12.8. The van der Waals surface area contributed by atoms with Gasteiger partial charge in [0.25, 0.3) is 0 Å². The van der Waals surface area contributed by atoms with Crippen LogP contribution in [0.4, 0.5) is 11.5 Å². The van der Waals surface area contributed by atoms with Crippen LogP contribution in [0, 0.1) is 0 Å². The molecule has 1 aromatic carbocycles. The van der Waals surface area contributed by atoms with Crippen molar-refractivity contribution in [1.82, 2.24) is 15.0 Å². The van der Waals surface area contributed by atoms with E-state index in [9.17, 15) is 0 Å². The highest BCUT2D eigenvalue weighted by Crippen LogP contribution is 2.28. The molecule has 0 spiro atoms. The first-order valence-electron chi connectivity index (χ1n) is 6.89. The van der Waals surface area contributed by atoms with Crippen molar-refractivity contribution < 1.29 is 0 Å². The second-order valence-corrected chi connectivity index (χ2v) is 5.10. The standard InChI is InChI=1S/C16H15ClN4/c1-2-5-12-15(17)19-10-20-16(12)21-14-8-3-7-13-11(14)6-4-9-18-13/h3-4,6-10H,2,5H2,1H3,(H,19,20,21). The molecule has 0 aliphatic heterocycles. The van der Waals surface area contributed by atoms with Gasteiger partial charge in [0.15, 0.2) is 0 Å². The molecular formula is C16H15ClN4. The molecule has 0 saturated carbocycles. The second-order valence-electron chi connectivity index (χ2n) is 4.74. The minimum Gasteiger partial charge on any atom is -0.339 e. The van der Waals surface area contributed by atoms with Crippen molar-refractivity contribution in [2.75, 3.05) is 5.32 Å². The number of rotatable bonds is 4. The summed E-state index contributed by atoms with van der Waals surface area (Å²) >= 11 is 6.19. The van der Waals surface area contributed by atoms with Gasteiger partial charge in [-0.05, 0) is 30.7 Å². The topological polar surface area (TPSA) is 50.7 Å². The monoisotopic (exact) mass is 298 g/mol. The summed E-state index contributed by atoms with van der Waals surface area (Å²) in [6.07, 6.45) is 5.09. The molecule has 2 aromatic heterocycles. The lowest BCUT2D eigenvalue weighted by Crippen LogP contribution is -2.02. The molecule has 0 bridgehead atoms. The molecule has 0 aliphatic rings. The molecule has 21 heavy (non-hydrogen) atoms. The van der Waals surface area contributed by atoms with Gasteiger partial charge in [0, 0.05) is 22.8 Å². The third-order valence-electron chi connectivity index (χ3n) is 3.29. The van der Waals surface area contributed by atoms with Crippen LogP contribution in [0.25, 0.3) is 10.9 Å². The van der Waals surface area contributed by atoms with Crippen molar-refractivity contribution in [3.8, 4) is 0 Å². The molecule has 0 amide bonds. The van der Waals surface area contributed by atoms with E-state index < -0.39 is 0 Å². The first-order valence-corrected chi connectivity index (χ1v) is 7.27. The Morgan fingerprint density at radius 1 is 1.10 bits per heavy atom. The van der Waals surface area contributed by atoms with Gasteiger partial charge in [0.2, 0.25) is 0 Å². The number of hydrogen-bond acceptors (Lipinski definition) is 4. The number of nitrogens with one attached hydrogen (secondary N) is 1. The van der Waals surface area contributed by atoms with Crippen LogP contribution < -0.4 is 5.32 Å². The maximum atomic E-state index is 6.19. The van der Waals surface area contributed by atoms with Crippen LogP contribution in [0.15, 0.2) is 42.9 Å². The molecule has 3 aromatic rings. The molecule has 0 atom stereocenters. The fourth-order valence-electron chi connectivity index (χ4n) is 2.31. The summed E-state index contributed by atoms with van der Waals surface area (Å²) in [5.41, 5.74) is 2.86. The van der Waals surface area contributed by atoms with Gasteiger partial charge in [-0.1, -0.05) is 31.0 Å². The van der Waals surface area contributed by atoms with Gasteiger partial charge in [0.05, 0.1) is 5.52 Å². The quantitative estimate of drug-likeness (QED) is 0.726. The molecule has 106 valence electrons. The zero-order valence-electron chi connectivity index (χ0n) is 11.7. The molecule has 3 rings (SSSR count). The van der Waals surface area contributed by atoms with E-state index in [-0.39, 0.29) is 0 Å². The van der Waals surface area contributed by atoms with Gasteiger partial charge in [-0.15, -0.1) is 0 Å². The number of pyridine rings is 1. The molecule has 1 N–H and O–H groups in total. The summed E-state index contributed by atoms with van der Waals surface area (Å²) in [7, 11) is 0. The van der Waals surface area contributed by atoms with Crippen molar-refractivity contribution in [2.24, 2.45) is 0 Å². The van der Waals surface area contributed by atoms with E-state index in [1.54, 1.807) is 6.20 Å². The van der Waals surface area contributed by atoms with Crippen LogP contribution in [0.5, 0.6) is 0 Å². The molecule has 0 saturated heterocycles. The van der Waals surface area contributed by atoms with Crippen LogP contribution in [0.1, 0.15) is 18.9 Å². The average molecular weight is 299 g/mol. The minimum absolute atomic E-state index is 0.507. The molecule has 0 fully saturated rings. The van der Waals surface area contributed by atoms with Crippen molar-refractivity contribution in [3.63, 3.8) is 0 Å². The first-order chi connectivity index (χ1) is 10.3. The SMILES string of the molecule is CCCc1c(Cl)ncnc1Nc1cccc2ncccc12. The van der Waals surface area contributed by atoms with E-state index in [0.717, 1.165) is 40.8 Å². The Morgan fingerprint density at radius 3 is 2.86 bits per heavy atom. The zero-order chi connectivity index (χ0) is 14.7. The molecule has 5 heteroatoms. The van der Waals surface area contributed by atoms with Crippen molar-refractivity contribution in [2.45, 2.75) is 19.8 Å². The second kappa shape index (κ2) is 6.06. The van der Waals surface area contributed by atoms with Gasteiger partial charge >= 0.3 is 0 Å². The lowest BCUT2D eigenvalue weighted by Gasteiger charge is -2.12. The van der Waals surface area contributed by atoms with Crippen LogP contribution in [0.2, 0.25) is 5.15 Å². The number of fused-ring (bicyclic) bond motifs is 1. The zero-order valence-corrected chi connectivity index (χ0v) is 12.4. The highest BCUT2D eigenvalue weighted by Gasteiger charge is 2.10. The predicted molar refractivity (Wildman–Crippen MR) is 86.1 cm³/mol. The maximum absolute atomic E-state index is 6.19. The molecule has 0 radical (unpaired) electrons. The molecular weight excluding hydrogens is 284 g/mol. The Kier molecular flexibility index (Phi) is 3.97. The lowest BCUT2D eigenvalue weighted by atomic mass is 10.1. The fraction of sp³-hybridized carbons (Fsp3) is 0.188. The van der Waals surface area contributed by atoms with Gasteiger partial charge in [-0.2, -0.15) is 0 Å². The van der Waals surface area contributed by atoms with E-state index in [2.05, 4.69) is 27.2 Å². The van der Waals surface area contributed by atoms with Gasteiger partial charge in [-0.3, -0.25) is 4.98 Å². The Hall–Kier alpha value is -2.20. The average Bonchev–Trinajstić information content (AvgIpc) is 2.51. The summed E-state index contributed by atoms with van der Waals surface area (Å²) in [5.74, 6) is 0.758. The Balaban J connectivity index is 2.05. The number of halogens is 1.